The van der Waals surface area contributed by atoms with E-state index < -0.39 is 0 Å². The van der Waals surface area contributed by atoms with E-state index in [-0.39, 0.29) is 11.0 Å². The Kier molecular flexibility index (Phi) is 6.73. The zero-order valence-corrected chi connectivity index (χ0v) is 10.2. The van der Waals surface area contributed by atoms with Crippen LogP contribution in [0.2, 0.25) is 0 Å². The van der Waals surface area contributed by atoms with Gasteiger partial charge >= 0.3 is 0 Å². The summed E-state index contributed by atoms with van der Waals surface area (Å²) in [5.41, 5.74) is 2.45. The maximum atomic E-state index is 3.42. The highest BCUT2D eigenvalue weighted by atomic mass is 79.9. The van der Waals surface area contributed by atoms with Crippen molar-refractivity contribution in [3.63, 3.8) is 0 Å². The van der Waals surface area contributed by atoms with Crippen molar-refractivity contribution in [1.29, 1.82) is 0 Å². The van der Waals surface area contributed by atoms with Gasteiger partial charge < -0.3 is 11.0 Å². The minimum atomic E-state index is 0. The summed E-state index contributed by atoms with van der Waals surface area (Å²) in [6.45, 7) is 0. The first-order chi connectivity index (χ1) is 6.84. The van der Waals surface area contributed by atoms with Crippen molar-refractivity contribution >= 4 is 34.1 Å². The highest BCUT2D eigenvalue weighted by Gasteiger charge is 1.97. The molecule has 1 radical (unpaired) electrons. The molecule has 0 amide bonds. The largest absolute Gasteiger partial charge is 0.412 e. The molecule has 16 heavy (non-hydrogen) atoms. The Hall–Kier alpha value is -1.10. The van der Waals surface area contributed by atoms with Gasteiger partial charge in [-0.25, -0.2) is 0 Å². The van der Waals surface area contributed by atoms with E-state index in [1.807, 2.05) is 18.2 Å². The summed E-state index contributed by atoms with van der Waals surface area (Å²) in [6, 6.07) is 18.6. The van der Waals surface area contributed by atoms with E-state index in [1.165, 1.54) is 10.9 Å². The molecule has 2 nitrogen and oxygen atoms in total. The number of halogens is 1. The van der Waals surface area contributed by atoms with Crippen LogP contribution in [0.1, 0.15) is 0 Å². The summed E-state index contributed by atoms with van der Waals surface area (Å²) >= 11 is 3.42. The molecule has 0 atom stereocenters. The quantitative estimate of drug-likeness (QED) is 0.717. The van der Waals surface area contributed by atoms with Gasteiger partial charge in [-0.3, -0.25) is 0 Å². The van der Waals surface area contributed by atoms with Crippen LogP contribution in [-0.2, 0) is 0 Å². The summed E-state index contributed by atoms with van der Waals surface area (Å²) in [4.78, 5) is 0. The van der Waals surface area contributed by atoms with Crippen LogP contribution in [0.15, 0.2) is 59.1 Å². The zero-order chi connectivity index (χ0) is 9.80. The van der Waals surface area contributed by atoms with E-state index in [2.05, 4.69) is 59.6 Å². The van der Waals surface area contributed by atoms with Crippen LogP contribution in [-0.4, -0.2) is 18.2 Å². The molecule has 4 N–H and O–H groups in total. The van der Waals surface area contributed by atoms with Crippen LogP contribution in [0.5, 0.6) is 0 Å². The van der Waals surface area contributed by atoms with Crippen LogP contribution in [0.3, 0.4) is 0 Å². The normalized spacial score (nSPS) is 8.56. The number of rotatable bonds is 2. The first-order valence-electron chi connectivity index (χ1n) is 4.50. The fourth-order valence-electron chi connectivity index (χ4n) is 1.30. The second kappa shape index (κ2) is 7.22. The number of hydrogen-bond donors (Lipinski definition) is 0. The average molecular weight is 280 g/mol. The third kappa shape index (κ3) is 4.19. The lowest BCUT2D eigenvalue weighted by Crippen LogP contribution is -2.26. The molecule has 0 aliphatic rings. The van der Waals surface area contributed by atoms with Crippen LogP contribution < -0.4 is 10.9 Å². The summed E-state index contributed by atoms with van der Waals surface area (Å²) in [7, 11) is 2.16. The predicted molar refractivity (Wildman–Crippen MR) is 72.8 cm³/mol. The lowest BCUT2D eigenvalue weighted by Gasteiger charge is -1.99. The summed E-state index contributed by atoms with van der Waals surface area (Å²) in [6.07, 6.45) is 0. The maximum absolute atomic E-state index is 3.42. The number of benzene rings is 2. The molecule has 0 spiro atoms. The Morgan fingerprint density at radius 3 is 1.75 bits per heavy atom. The van der Waals surface area contributed by atoms with Gasteiger partial charge in [-0.2, -0.15) is 0 Å². The van der Waals surface area contributed by atoms with Crippen molar-refractivity contribution in [1.82, 2.24) is 0 Å². The van der Waals surface area contributed by atoms with Crippen LogP contribution in [0, 0.1) is 0 Å². The molecular formula is C12H13BBrO2. The minimum absolute atomic E-state index is 0. The van der Waals surface area contributed by atoms with E-state index in [0.29, 0.717) is 0 Å². The van der Waals surface area contributed by atoms with Gasteiger partial charge in [-0.15, -0.1) is 0 Å². The van der Waals surface area contributed by atoms with Crippen molar-refractivity contribution in [3.05, 3.63) is 59.1 Å². The van der Waals surface area contributed by atoms with Gasteiger partial charge in [0.25, 0.3) is 0 Å². The van der Waals surface area contributed by atoms with Gasteiger partial charge in [-0.05, 0) is 12.1 Å². The molecule has 0 saturated carbocycles. The van der Waals surface area contributed by atoms with Crippen LogP contribution >= 0.6 is 15.9 Å². The third-order valence-electron chi connectivity index (χ3n) is 2.00. The van der Waals surface area contributed by atoms with E-state index >= 15 is 0 Å². The zero-order valence-electron chi connectivity index (χ0n) is 8.65. The molecule has 2 aromatic carbocycles. The first kappa shape index (κ1) is 14.9. The van der Waals surface area contributed by atoms with Crippen molar-refractivity contribution in [2.24, 2.45) is 0 Å². The van der Waals surface area contributed by atoms with Gasteiger partial charge in [-0.1, -0.05) is 69.3 Å². The lowest BCUT2D eigenvalue weighted by molar-refractivity contribution is 0.823. The summed E-state index contributed by atoms with van der Waals surface area (Å²) in [5, 5.41) is 0. The molecular weight excluding hydrogens is 267 g/mol. The molecule has 0 aromatic heterocycles. The highest BCUT2D eigenvalue weighted by molar-refractivity contribution is 9.10. The fourth-order valence-corrected chi connectivity index (χ4v) is 1.57. The maximum Gasteiger partial charge on any atom is 0.191 e. The average Bonchev–Trinajstić information content (AvgIpc) is 2.23. The Morgan fingerprint density at radius 2 is 1.19 bits per heavy atom. The summed E-state index contributed by atoms with van der Waals surface area (Å²) < 4.78 is 1.11. The Balaban J connectivity index is 0.00000112. The minimum Gasteiger partial charge on any atom is -0.412 e. The summed E-state index contributed by atoms with van der Waals surface area (Å²) in [5.74, 6) is 0. The third-order valence-corrected chi connectivity index (χ3v) is 2.53. The van der Waals surface area contributed by atoms with Gasteiger partial charge in [0.2, 0.25) is 0 Å². The number of hydrogen-bond acceptors (Lipinski definition) is 0. The molecule has 0 heterocycles. The molecule has 4 heteroatoms. The Labute approximate surface area is 104 Å². The first-order valence-corrected chi connectivity index (χ1v) is 5.29. The van der Waals surface area contributed by atoms with E-state index in [0.717, 1.165) is 4.47 Å². The highest BCUT2D eigenvalue weighted by Crippen LogP contribution is 2.04. The van der Waals surface area contributed by atoms with E-state index in [9.17, 15) is 0 Å². The van der Waals surface area contributed by atoms with Gasteiger partial charge in [0.15, 0.2) is 7.28 Å². The second-order valence-corrected chi connectivity index (χ2v) is 4.02. The standard InChI is InChI=1S/C12H9BBr.2H2O/c14-12-8-6-11(7-9-12)13-10-4-2-1-3-5-10;;/h1-9H;2*1H2. The second-order valence-electron chi connectivity index (χ2n) is 3.11. The Morgan fingerprint density at radius 1 is 0.688 bits per heavy atom. The van der Waals surface area contributed by atoms with Crippen molar-refractivity contribution in [2.45, 2.75) is 0 Å². The van der Waals surface area contributed by atoms with Gasteiger partial charge in [0.1, 0.15) is 0 Å². The van der Waals surface area contributed by atoms with Crippen molar-refractivity contribution in [3.8, 4) is 0 Å². The molecule has 0 saturated heterocycles. The van der Waals surface area contributed by atoms with Crippen LogP contribution in [0.25, 0.3) is 0 Å². The van der Waals surface area contributed by atoms with Gasteiger partial charge in [0.05, 0.1) is 0 Å². The molecule has 0 aliphatic carbocycles. The molecule has 0 unspecified atom stereocenters. The van der Waals surface area contributed by atoms with E-state index in [1.54, 1.807) is 0 Å². The molecule has 0 aliphatic heterocycles. The lowest BCUT2D eigenvalue weighted by atomic mass is 9.64. The SMILES string of the molecule is Brc1ccc([B]c2ccccc2)cc1.O.O. The van der Waals surface area contributed by atoms with Gasteiger partial charge in [0, 0.05) is 4.47 Å². The van der Waals surface area contributed by atoms with Crippen LogP contribution in [0.4, 0.5) is 0 Å². The van der Waals surface area contributed by atoms with Crippen molar-refractivity contribution < 1.29 is 11.0 Å². The molecule has 83 valence electrons. The molecule has 0 bridgehead atoms. The fraction of sp³-hybridized carbons (Fsp3) is 0. The van der Waals surface area contributed by atoms with Crippen molar-refractivity contribution in [2.75, 3.05) is 0 Å². The molecule has 0 fully saturated rings. The molecule has 2 rings (SSSR count). The smallest absolute Gasteiger partial charge is 0.191 e. The van der Waals surface area contributed by atoms with E-state index in [4.69, 9.17) is 0 Å². The predicted octanol–water partition coefficient (Wildman–Crippen LogP) is 0.455. The monoisotopic (exact) mass is 279 g/mol. The molecule has 2 aromatic rings. The Bertz CT molecular complexity index is 403. The topological polar surface area (TPSA) is 63.0 Å².